The van der Waals surface area contributed by atoms with Crippen molar-refractivity contribution in [2.45, 2.75) is 18.9 Å². The van der Waals surface area contributed by atoms with Crippen LogP contribution >= 0.6 is 0 Å². The van der Waals surface area contributed by atoms with Crippen LogP contribution in [0.3, 0.4) is 0 Å². The van der Waals surface area contributed by atoms with E-state index < -0.39 is 0 Å². The molecule has 2 aromatic rings. The zero-order valence-corrected chi connectivity index (χ0v) is 11.4. The van der Waals surface area contributed by atoms with Crippen molar-refractivity contribution < 1.29 is 4.79 Å². The molecule has 3 heterocycles. The summed E-state index contributed by atoms with van der Waals surface area (Å²) in [6.45, 7) is 3.43. The van der Waals surface area contributed by atoms with Crippen LogP contribution in [0.5, 0.6) is 0 Å². The Labute approximate surface area is 118 Å². The van der Waals surface area contributed by atoms with Gasteiger partial charge < -0.3 is 15.2 Å². The molecular weight excluding hydrogens is 250 g/mol. The Balaban J connectivity index is 1.49. The Hall–Kier alpha value is -1.81. The number of carbonyl (C=O) groups is 1. The molecule has 2 bridgehead atoms. The number of piperidine rings is 1. The summed E-state index contributed by atoms with van der Waals surface area (Å²) in [6, 6.07) is 8.16. The van der Waals surface area contributed by atoms with Crippen LogP contribution in [0.1, 0.15) is 23.2 Å². The average Bonchev–Trinajstić information content (AvgIpc) is 3.04. The van der Waals surface area contributed by atoms with E-state index in [9.17, 15) is 4.79 Å². The monoisotopic (exact) mass is 269 g/mol. The van der Waals surface area contributed by atoms with Crippen LogP contribution in [-0.2, 0) is 0 Å². The maximum Gasteiger partial charge on any atom is 0.251 e. The molecule has 1 amide bonds. The lowest BCUT2D eigenvalue weighted by molar-refractivity contribution is 0.0909. The first kappa shape index (κ1) is 12.0. The summed E-state index contributed by atoms with van der Waals surface area (Å²) in [4.78, 5) is 18.0. The number of fused-ring (bicyclic) bond motifs is 3. The van der Waals surface area contributed by atoms with E-state index in [2.05, 4.69) is 15.2 Å². The number of rotatable bonds is 2. The van der Waals surface area contributed by atoms with Gasteiger partial charge in [-0.1, -0.05) is 6.07 Å². The molecule has 4 nitrogen and oxygen atoms in total. The van der Waals surface area contributed by atoms with Crippen LogP contribution < -0.4 is 5.32 Å². The third kappa shape index (κ3) is 2.10. The molecule has 0 spiro atoms. The maximum absolute atomic E-state index is 12.4. The van der Waals surface area contributed by atoms with E-state index in [1.807, 2.05) is 30.5 Å². The molecule has 4 rings (SSSR count). The predicted molar refractivity (Wildman–Crippen MR) is 78.7 cm³/mol. The number of carbonyl (C=O) groups excluding carboxylic acids is 1. The van der Waals surface area contributed by atoms with E-state index in [1.54, 1.807) is 0 Å². The zero-order chi connectivity index (χ0) is 13.5. The molecule has 1 aromatic carbocycles. The van der Waals surface area contributed by atoms with Crippen molar-refractivity contribution in [2.75, 3.05) is 19.6 Å². The van der Waals surface area contributed by atoms with Gasteiger partial charge in [0.15, 0.2) is 0 Å². The van der Waals surface area contributed by atoms with Crippen LogP contribution in [-0.4, -0.2) is 41.5 Å². The molecule has 4 heteroatoms. The van der Waals surface area contributed by atoms with Gasteiger partial charge in [0.2, 0.25) is 0 Å². The van der Waals surface area contributed by atoms with E-state index in [4.69, 9.17) is 0 Å². The van der Waals surface area contributed by atoms with E-state index >= 15 is 0 Å². The molecule has 1 aromatic heterocycles. The van der Waals surface area contributed by atoms with Crippen LogP contribution in [0.4, 0.5) is 0 Å². The normalized spacial score (nSPS) is 28.7. The standard InChI is InChI=1S/C16H19N3O/c20-16(13-2-1-12-3-5-17-15(12)8-13)18-14-7-11-4-6-19(9-11)10-14/h1-3,5,8,11,14,17H,4,6-7,9-10H2,(H,18,20)/t11?,14-/m1/s1. The molecule has 0 saturated carbocycles. The topological polar surface area (TPSA) is 48.1 Å². The highest BCUT2D eigenvalue weighted by Gasteiger charge is 2.32. The van der Waals surface area contributed by atoms with Crippen molar-refractivity contribution >= 4 is 16.8 Å². The second-order valence-corrected chi connectivity index (χ2v) is 6.10. The molecule has 2 N–H and O–H groups in total. The number of H-pyrrole nitrogens is 1. The fraction of sp³-hybridized carbons (Fsp3) is 0.438. The summed E-state index contributed by atoms with van der Waals surface area (Å²) >= 11 is 0. The maximum atomic E-state index is 12.4. The highest BCUT2D eigenvalue weighted by atomic mass is 16.1. The van der Waals surface area contributed by atoms with Crippen molar-refractivity contribution in [1.82, 2.24) is 15.2 Å². The van der Waals surface area contributed by atoms with Gasteiger partial charge in [-0.25, -0.2) is 0 Å². The molecule has 2 aliphatic heterocycles. The number of amides is 1. The van der Waals surface area contributed by atoms with Gasteiger partial charge in [0.1, 0.15) is 0 Å². The van der Waals surface area contributed by atoms with Crippen molar-refractivity contribution in [3.63, 3.8) is 0 Å². The minimum absolute atomic E-state index is 0.0500. The van der Waals surface area contributed by atoms with Gasteiger partial charge in [-0.3, -0.25) is 4.79 Å². The number of hydrogen-bond acceptors (Lipinski definition) is 2. The molecule has 2 saturated heterocycles. The lowest BCUT2D eigenvalue weighted by Gasteiger charge is -2.30. The van der Waals surface area contributed by atoms with Gasteiger partial charge in [0, 0.05) is 36.4 Å². The summed E-state index contributed by atoms with van der Waals surface area (Å²) in [7, 11) is 0. The van der Waals surface area contributed by atoms with Gasteiger partial charge in [0.05, 0.1) is 0 Å². The predicted octanol–water partition coefficient (Wildman–Crippen LogP) is 1.99. The van der Waals surface area contributed by atoms with E-state index in [-0.39, 0.29) is 5.91 Å². The van der Waals surface area contributed by atoms with Gasteiger partial charge in [0.25, 0.3) is 5.91 Å². The summed E-state index contributed by atoms with van der Waals surface area (Å²) in [5.41, 5.74) is 1.76. The molecule has 104 valence electrons. The Bertz CT molecular complexity index is 636. The Kier molecular flexibility index (Phi) is 2.77. The lowest BCUT2D eigenvalue weighted by atomic mass is 9.96. The van der Waals surface area contributed by atoms with Crippen molar-refractivity contribution in [1.29, 1.82) is 0 Å². The van der Waals surface area contributed by atoms with E-state index in [1.165, 1.54) is 19.5 Å². The minimum Gasteiger partial charge on any atom is -0.361 e. The molecule has 0 radical (unpaired) electrons. The zero-order valence-electron chi connectivity index (χ0n) is 11.4. The highest BCUT2D eigenvalue weighted by molar-refractivity contribution is 5.98. The van der Waals surface area contributed by atoms with Crippen molar-refractivity contribution in [3.05, 3.63) is 36.0 Å². The molecule has 0 aliphatic carbocycles. The molecule has 2 fully saturated rings. The van der Waals surface area contributed by atoms with Gasteiger partial charge in [-0.15, -0.1) is 0 Å². The number of aromatic amines is 1. The van der Waals surface area contributed by atoms with Crippen LogP contribution in [0.2, 0.25) is 0 Å². The van der Waals surface area contributed by atoms with E-state index in [0.29, 0.717) is 6.04 Å². The Morgan fingerprint density at radius 2 is 2.25 bits per heavy atom. The van der Waals surface area contributed by atoms with Crippen LogP contribution in [0.15, 0.2) is 30.5 Å². The SMILES string of the molecule is O=C(N[C@@H]1CC2CCN(C2)C1)c1ccc2cc[nH]c2c1. The molecular formula is C16H19N3O. The summed E-state index contributed by atoms with van der Waals surface area (Å²) in [5.74, 6) is 0.828. The van der Waals surface area contributed by atoms with Crippen LogP contribution in [0, 0.1) is 5.92 Å². The van der Waals surface area contributed by atoms with Gasteiger partial charge in [-0.05, 0) is 48.9 Å². The smallest absolute Gasteiger partial charge is 0.251 e. The number of hydrogen-bond donors (Lipinski definition) is 2. The largest absolute Gasteiger partial charge is 0.361 e. The lowest BCUT2D eigenvalue weighted by Crippen LogP contribution is -2.47. The molecule has 2 aliphatic rings. The van der Waals surface area contributed by atoms with Gasteiger partial charge >= 0.3 is 0 Å². The quantitative estimate of drug-likeness (QED) is 0.876. The molecule has 2 unspecified atom stereocenters. The second-order valence-electron chi connectivity index (χ2n) is 6.10. The number of nitrogens with one attached hydrogen (secondary N) is 2. The molecule has 3 atom stereocenters. The number of nitrogens with zero attached hydrogens (tertiary/aromatic N) is 1. The summed E-state index contributed by atoms with van der Waals surface area (Å²) in [5, 5.41) is 4.34. The third-order valence-electron chi connectivity index (χ3n) is 4.62. The van der Waals surface area contributed by atoms with Crippen molar-refractivity contribution in [3.8, 4) is 0 Å². The minimum atomic E-state index is 0.0500. The third-order valence-corrected chi connectivity index (χ3v) is 4.62. The molecule has 20 heavy (non-hydrogen) atoms. The number of aromatic nitrogens is 1. The average molecular weight is 269 g/mol. The highest BCUT2D eigenvalue weighted by Crippen LogP contribution is 2.27. The van der Waals surface area contributed by atoms with E-state index in [0.717, 1.165) is 35.3 Å². The first-order valence-electron chi connectivity index (χ1n) is 7.38. The Morgan fingerprint density at radius 3 is 3.15 bits per heavy atom. The first-order chi connectivity index (χ1) is 9.78. The number of benzene rings is 1. The van der Waals surface area contributed by atoms with Crippen molar-refractivity contribution in [2.24, 2.45) is 5.92 Å². The fourth-order valence-electron chi connectivity index (χ4n) is 3.62. The first-order valence-corrected chi connectivity index (χ1v) is 7.38. The Morgan fingerprint density at radius 1 is 1.30 bits per heavy atom. The van der Waals surface area contributed by atoms with Gasteiger partial charge in [-0.2, -0.15) is 0 Å². The second kappa shape index (κ2) is 4.63. The summed E-state index contributed by atoms with van der Waals surface area (Å²) < 4.78 is 0. The van der Waals surface area contributed by atoms with Crippen LogP contribution in [0.25, 0.3) is 10.9 Å². The fourth-order valence-corrected chi connectivity index (χ4v) is 3.62. The summed E-state index contributed by atoms with van der Waals surface area (Å²) in [6.07, 6.45) is 4.33.